The van der Waals surface area contributed by atoms with Crippen LogP contribution in [0.3, 0.4) is 0 Å². The van der Waals surface area contributed by atoms with Crippen molar-refractivity contribution in [1.29, 1.82) is 0 Å². The monoisotopic (exact) mass is 572 g/mol. The summed E-state index contributed by atoms with van der Waals surface area (Å²) >= 11 is 18.4. The van der Waals surface area contributed by atoms with Gasteiger partial charge in [-0.15, -0.1) is 4.94 Å². The average Bonchev–Trinajstić information content (AvgIpc) is 2.83. The Bertz CT molecular complexity index is 537. The van der Waals surface area contributed by atoms with Gasteiger partial charge in [-0.25, -0.2) is 8.78 Å². The molecule has 0 aromatic heterocycles. The minimum absolute atomic E-state index is 0.0499. The zero-order valence-corrected chi connectivity index (χ0v) is 21.4. The largest absolute Gasteiger partial charge is 0.380 e. The second-order valence-corrected chi connectivity index (χ2v) is 7.45. The molecule has 0 N–H and O–H groups in total. The summed E-state index contributed by atoms with van der Waals surface area (Å²) in [7, 11) is 1.17. The third-order valence-corrected chi connectivity index (χ3v) is 4.89. The molecule has 0 radical (unpaired) electrons. The number of rotatable bonds is 23. The van der Waals surface area contributed by atoms with E-state index in [4.69, 9.17) is 72.7 Å². The molecule has 0 rings (SSSR count). The number of methoxy groups -OCH3 is 1. The highest BCUT2D eigenvalue weighted by molar-refractivity contribution is 6.24. The SMILES string of the molecule is CCCOC(OCF)(C(Cl)(OCCl)OCC(Cl)(OC)OCC)C(OF)(OCCF)OCCCF. The van der Waals surface area contributed by atoms with E-state index in [1.54, 1.807) is 13.8 Å². The van der Waals surface area contributed by atoms with Gasteiger partial charge in [0.25, 0.3) is 5.25 Å². The predicted octanol–water partition coefficient (Wildman–Crippen LogP) is 4.67. The molecule has 0 bridgehead atoms. The van der Waals surface area contributed by atoms with Crippen LogP contribution in [-0.4, -0.2) is 88.7 Å². The highest BCUT2D eigenvalue weighted by Crippen LogP contribution is 2.48. The second-order valence-electron chi connectivity index (χ2n) is 6.16. The van der Waals surface area contributed by atoms with E-state index in [0.717, 1.165) is 0 Å². The Morgan fingerprint density at radius 3 is 1.94 bits per heavy atom. The lowest BCUT2D eigenvalue weighted by Gasteiger charge is -2.50. The lowest BCUT2D eigenvalue weighted by atomic mass is 10.1. The van der Waals surface area contributed by atoms with Gasteiger partial charge >= 0.3 is 17.0 Å². The highest BCUT2D eigenvalue weighted by atomic mass is 35.5. The van der Waals surface area contributed by atoms with Gasteiger partial charge in [-0.1, -0.05) is 41.7 Å². The summed E-state index contributed by atoms with van der Waals surface area (Å²) in [6.45, 7) is -3.18. The zero-order valence-electron chi connectivity index (χ0n) is 19.1. The van der Waals surface area contributed by atoms with E-state index in [2.05, 4.69) is 4.94 Å². The van der Waals surface area contributed by atoms with Gasteiger partial charge in [0.2, 0.25) is 0 Å². The number of ether oxygens (including phenoxy) is 8. The number of hydrogen-bond donors (Lipinski definition) is 0. The molecule has 0 saturated carbocycles. The Balaban J connectivity index is 6.77. The van der Waals surface area contributed by atoms with Crippen LogP contribution in [0, 0.1) is 0 Å². The maximum absolute atomic E-state index is 14.2. The summed E-state index contributed by atoms with van der Waals surface area (Å²) in [5.74, 6) is -6.46. The van der Waals surface area contributed by atoms with Crippen LogP contribution in [0.4, 0.5) is 17.7 Å². The molecule has 0 amide bonds. The maximum Gasteiger partial charge on any atom is 0.380 e. The zero-order chi connectivity index (χ0) is 26.1. The van der Waals surface area contributed by atoms with E-state index in [-0.39, 0.29) is 26.1 Å². The fourth-order valence-electron chi connectivity index (χ4n) is 2.51. The molecule has 4 unspecified atom stereocenters. The van der Waals surface area contributed by atoms with Crippen LogP contribution >= 0.6 is 34.8 Å². The molecule has 9 nitrogen and oxygen atoms in total. The van der Waals surface area contributed by atoms with Crippen molar-refractivity contribution in [1.82, 2.24) is 0 Å². The van der Waals surface area contributed by atoms with Crippen LogP contribution in [0.1, 0.15) is 26.7 Å². The van der Waals surface area contributed by atoms with E-state index in [0.29, 0.717) is 0 Å². The molecule has 0 aliphatic carbocycles. The Morgan fingerprint density at radius 2 is 1.47 bits per heavy atom. The number of hydrogen-bond acceptors (Lipinski definition) is 9. The summed E-state index contributed by atoms with van der Waals surface area (Å²) in [6, 6.07) is -0.775. The molecule has 16 heteroatoms. The van der Waals surface area contributed by atoms with E-state index in [9.17, 15) is 17.7 Å². The molecule has 4 atom stereocenters. The fourth-order valence-corrected chi connectivity index (χ4v) is 3.22. The molecule has 0 aliphatic rings. The normalized spacial score (nSPS) is 19.2. The molecule has 0 aromatic carbocycles. The van der Waals surface area contributed by atoms with E-state index in [1.807, 2.05) is 0 Å². The van der Waals surface area contributed by atoms with E-state index < -0.39 is 68.3 Å². The third-order valence-electron chi connectivity index (χ3n) is 3.94. The van der Waals surface area contributed by atoms with Gasteiger partial charge in [-0.2, -0.15) is 0 Å². The van der Waals surface area contributed by atoms with E-state index >= 15 is 0 Å². The van der Waals surface area contributed by atoms with Gasteiger partial charge < -0.3 is 37.9 Å². The molecule has 0 fully saturated rings. The highest BCUT2D eigenvalue weighted by Gasteiger charge is 2.74. The number of alkyl halides is 6. The Kier molecular flexibility index (Phi) is 17.8. The molecular formula is C18H31Cl3F4O9. The Hall–Kier alpha value is 0.230. The van der Waals surface area contributed by atoms with Crippen LogP contribution in [-0.2, 0) is 42.8 Å². The quantitative estimate of drug-likeness (QED) is 0.0750. The summed E-state index contributed by atoms with van der Waals surface area (Å²) in [6.07, 6.45) is -0.0907. The van der Waals surface area contributed by atoms with Gasteiger partial charge in [0.1, 0.15) is 19.3 Å². The van der Waals surface area contributed by atoms with Gasteiger partial charge in [0.05, 0.1) is 26.5 Å². The molecule has 0 aromatic rings. The van der Waals surface area contributed by atoms with Crippen molar-refractivity contribution in [2.24, 2.45) is 0 Å². The topological polar surface area (TPSA) is 83.1 Å². The first-order valence-electron chi connectivity index (χ1n) is 10.1. The molecule has 0 spiro atoms. The summed E-state index contributed by atoms with van der Waals surface area (Å²) < 4.78 is 95.4. The minimum Gasteiger partial charge on any atom is -0.339 e. The van der Waals surface area contributed by atoms with Crippen molar-refractivity contribution in [3.05, 3.63) is 0 Å². The first kappa shape index (κ1) is 34.2. The minimum atomic E-state index is -3.31. The van der Waals surface area contributed by atoms with Crippen LogP contribution in [0.25, 0.3) is 0 Å². The maximum atomic E-state index is 14.2. The van der Waals surface area contributed by atoms with Crippen molar-refractivity contribution in [2.75, 3.05) is 66.4 Å². The van der Waals surface area contributed by atoms with E-state index in [1.165, 1.54) is 7.11 Å². The van der Waals surface area contributed by atoms with Crippen molar-refractivity contribution in [2.45, 2.75) is 48.9 Å². The lowest BCUT2D eigenvalue weighted by Crippen LogP contribution is -2.73. The smallest absolute Gasteiger partial charge is 0.339 e. The molecule has 0 heterocycles. The molecule has 0 aliphatic heterocycles. The summed E-state index contributed by atoms with van der Waals surface area (Å²) in [4.78, 5) is 3.87. The van der Waals surface area contributed by atoms with Gasteiger partial charge in [0.15, 0.2) is 6.86 Å². The van der Waals surface area contributed by atoms with Crippen LogP contribution in [0.2, 0.25) is 0 Å². The first-order valence-corrected chi connectivity index (χ1v) is 11.4. The van der Waals surface area contributed by atoms with Crippen LogP contribution in [0.5, 0.6) is 0 Å². The van der Waals surface area contributed by atoms with Crippen molar-refractivity contribution >= 4 is 34.8 Å². The van der Waals surface area contributed by atoms with Crippen LogP contribution < -0.4 is 0 Å². The third kappa shape index (κ3) is 8.96. The molecule has 34 heavy (non-hydrogen) atoms. The molecular weight excluding hydrogens is 543 g/mol. The summed E-state index contributed by atoms with van der Waals surface area (Å²) in [5.41, 5.74) is 0. The Labute approximate surface area is 210 Å². The van der Waals surface area contributed by atoms with Gasteiger partial charge in [-0.05, 0) is 24.3 Å². The number of halogens is 7. The predicted molar refractivity (Wildman–Crippen MR) is 113 cm³/mol. The van der Waals surface area contributed by atoms with Gasteiger partial charge in [-0.3, -0.25) is 4.39 Å². The van der Waals surface area contributed by atoms with Crippen molar-refractivity contribution < 1.29 is 60.5 Å². The fraction of sp³-hybridized carbons (Fsp3) is 1.00. The van der Waals surface area contributed by atoms with Crippen molar-refractivity contribution in [3.63, 3.8) is 0 Å². The average molecular weight is 574 g/mol. The Morgan fingerprint density at radius 1 is 0.794 bits per heavy atom. The van der Waals surface area contributed by atoms with Crippen molar-refractivity contribution in [3.8, 4) is 0 Å². The standard InChI is InChI=1S/C18H31Cl3F4O9/c1-4-9-28-16(33-14-24,18(34-25,30-11-8-23)29-10-6-7-22)17(21,32-13-19)31-12-15(20,26-3)27-5-2/h4-14H2,1-3H3. The summed E-state index contributed by atoms with van der Waals surface area (Å²) in [5, 5.41) is -4.94. The molecule has 0 saturated heterocycles. The van der Waals surface area contributed by atoms with Gasteiger partial charge in [0, 0.05) is 13.7 Å². The lowest BCUT2D eigenvalue weighted by molar-refractivity contribution is -0.574. The second kappa shape index (κ2) is 17.6. The van der Waals surface area contributed by atoms with Crippen LogP contribution in [0.15, 0.2) is 0 Å². The molecule has 206 valence electrons. The first-order chi connectivity index (χ1) is 16.2.